The molecule has 4 unspecified atom stereocenters. The van der Waals surface area contributed by atoms with Crippen LogP contribution in [0.15, 0.2) is 0 Å². The number of carbonyl (C=O) groups excluding carboxylic acids is 3. The Morgan fingerprint density at radius 2 is 1.75 bits per heavy atom. The van der Waals surface area contributed by atoms with Crippen LogP contribution >= 0.6 is 0 Å². The van der Waals surface area contributed by atoms with E-state index in [0.29, 0.717) is 45.2 Å². The van der Waals surface area contributed by atoms with E-state index in [4.69, 9.17) is 11.5 Å². The molecule has 0 bridgehead atoms. The lowest BCUT2D eigenvalue weighted by atomic mass is 10.0. The number of nitrogens with zero attached hydrogens (tertiary/aromatic N) is 1. The lowest BCUT2D eigenvalue weighted by Crippen LogP contribution is -2.58. The molecule has 0 aliphatic carbocycles. The van der Waals surface area contributed by atoms with Crippen molar-refractivity contribution in [2.75, 3.05) is 13.1 Å². The van der Waals surface area contributed by atoms with Crippen LogP contribution in [0.25, 0.3) is 0 Å². The van der Waals surface area contributed by atoms with Gasteiger partial charge in [0.15, 0.2) is 0 Å². The molecule has 10 heteroatoms. The lowest BCUT2D eigenvalue weighted by Gasteiger charge is -2.30. The fourth-order valence-corrected chi connectivity index (χ4v) is 3.92. The third kappa shape index (κ3) is 8.38. The van der Waals surface area contributed by atoms with Crippen molar-refractivity contribution in [3.63, 3.8) is 0 Å². The third-order valence-electron chi connectivity index (χ3n) is 5.69. The second-order valence-electron chi connectivity index (χ2n) is 9.34. The number of hydrogen-bond donors (Lipinski definition) is 5. The quantitative estimate of drug-likeness (QED) is 0.247. The van der Waals surface area contributed by atoms with Crippen molar-refractivity contribution in [2.24, 2.45) is 23.3 Å². The van der Waals surface area contributed by atoms with Crippen molar-refractivity contribution in [1.29, 1.82) is 0 Å². The van der Waals surface area contributed by atoms with E-state index in [1.165, 1.54) is 4.90 Å². The molecule has 1 aliphatic rings. The maximum absolute atomic E-state index is 13.0. The van der Waals surface area contributed by atoms with E-state index in [-0.39, 0.29) is 24.2 Å². The van der Waals surface area contributed by atoms with Gasteiger partial charge in [-0.25, -0.2) is 4.79 Å². The Morgan fingerprint density at radius 3 is 2.28 bits per heavy atom. The molecule has 184 valence electrons. The van der Waals surface area contributed by atoms with E-state index in [1.54, 1.807) is 13.8 Å². The maximum atomic E-state index is 13.0. The first-order valence-electron chi connectivity index (χ1n) is 11.6. The number of carbonyl (C=O) groups is 4. The van der Waals surface area contributed by atoms with Crippen LogP contribution in [0.2, 0.25) is 0 Å². The first kappa shape index (κ1) is 27.8. The number of amides is 3. The number of nitrogens with two attached hydrogens (primary N) is 2. The molecule has 7 N–H and O–H groups in total. The van der Waals surface area contributed by atoms with Crippen LogP contribution in [0.4, 0.5) is 0 Å². The van der Waals surface area contributed by atoms with Crippen LogP contribution in [0.1, 0.15) is 66.2 Å². The Morgan fingerprint density at radius 1 is 1.09 bits per heavy atom. The molecule has 10 nitrogen and oxygen atoms in total. The van der Waals surface area contributed by atoms with Gasteiger partial charge in [0, 0.05) is 6.54 Å². The minimum absolute atomic E-state index is 0.255. The summed E-state index contributed by atoms with van der Waals surface area (Å²) in [6.07, 6.45) is 3.20. The second-order valence-corrected chi connectivity index (χ2v) is 9.34. The maximum Gasteiger partial charge on any atom is 0.326 e. The van der Waals surface area contributed by atoms with Crippen molar-refractivity contribution in [2.45, 2.75) is 90.4 Å². The Balaban J connectivity index is 2.83. The highest BCUT2D eigenvalue weighted by molar-refractivity contribution is 5.94. The fraction of sp³-hybridized carbons (Fsp3) is 0.818. The molecule has 4 atom stereocenters. The summed E-state index contributed by atoms with van der Waals surface area (Å²) in [5.74, 6) is -2.38. The van der Waals surface area contributed by atoms with Gasteiger partial charge in [-0.2, -0.15) is 0 Å². The smallest absolute Gasteiger partial charge is 0.326 e. The predicted octanol–water partition coefficient (Wildman–Crippen LogP) is 0.190. The SMILES string of the molecule is CC(C)CC(N)C(=O)N1CCCC1C(=O)NC(C(=O)NC(CCCCN)C(=O)O)C(C)C. The van der Waals surface area contributed by atoms with E-state index in [1.807, 2.05) is 13.8 Å². The summed E-state index contributed by atoms with van der Waals surface area (Å²) in [7, 11) is 0. The predicted molar refractivity (Wildman–Crippen MR) is 121 cm³/mol. The van der Waals surface area contributed by atoms with Gasteiger partial charge in [-0.3, -0.25) is 14.4 Å². The molecule has 1 rings (SSSR count). The number of hydrogen-bond acceptors (Lipinski definition) is 6. The molecule has 0 saturated carbocycles. The van der Waals surface area contributed by atoms with Crippen LogP contribution in [0, 0.1) is 11.8 Å². The number of rotatable bonds is 13. The van der Waals surface area contributed by atoms with Crippen molar-refractivity contribution < 1.29 is 24.3 Å². The monoisotopic (exact) mass is 455 g/mol. The molecular formula is C22H41N5O5. The lowest BCUT2D eigenvalue weighted by molar-refractivity contribution is -0.143. The molecule has 0 aromatic heterocycles. The minimum Gasteiger partial charge on any atom is -0.480 e. The van der Waals surface area contributed by atoms with Crippen LogP contribution in [-0.4, -0.2) is 71.0 Å². The molecule has 0 radical (unpaired) electrons. The number of likely N-dealkylation sites (tertiary alicyclic amines) is 1. The molecule has 1 heterocycles. The summed E-state index contributed by atoms with van der Waals surface area (Å²) in [6, 6.07) is -3.32. The number of carboxylic acid groups (broad SMARTS) is 1. The largest absolute Gasteiger partial charge is 0.480 e. The van der Waals surface area contributed by atoms with E-state index in [9.17, 15) is 24.3 Å². The first-order chi connectivity index (χ1) is 15.0. The third-order valence-corrected chi connectivity index (χ3v) is 5.69. The first-order valence-corrected chi connectivity index (χ1v) is 11.6. The zero-order chi connectivity index (χ0) is 24.4. The summed E-state index contributed by atoms with van der Waals surface area (Å²) in [4.78, 5) is 51.6. The van der Waals surface area contributed by atoms with Gasteiger partial charge >= 0.3 is 5.97 Å². The van der Waals surface area contributed by atoms with Crippen molar-refractivity contribution >= 4 is 23.7 Å². The van der Waals surface area contributed by atoms with Gasteiger partial charge in [0.2, 0.25) is 17.7 Å². The minimum atomic E-state index is -1.13. The van der Waals surface area contributed by atoms with Gasteiger partial charge in [0.1, 0.15) is 18.1 Å². The molecule has 1 saturated heterocycles. The highest BCUT2D eigenvalue weighted by Gasteiger charge is 2.38. The van der Waals surface area contributed by atoms with Gasteiger partial charge in [-0.1, -0.05) is 27.7 Å². The second kappa shape index (κ2) is 13.4. The van der Waals surface area contributed by atoms with E-state index >= 15 is 0 Å². The fourth-order valence-electron chi connectivity index (χ4n) is 3.92. The zero-order valence-electron chi connectivity index (χ0n) is 19.8. The topological polar surface area (TPSA) is 168 Å². The Kier molecular flexibility index (Phi) is 11.6. The van der Waals surface area contributed by atoms with Crippen LogP contribution in [0.5, 0.6) is 0 Å². The van der Waals surface area contributed by atoms with Crippen LogP contribution in [-0.2, 0) is 19.2 Å². The number of aliphatic carboxylic acids is 1. The average molecular weight is 456 g/mol. The number of nitrogens with one attached hydrogen (secondary N) is 2. The van der Waals surface area contributed by atoms with Gasteiger partial charge < -0.3 is 32.1 Å². The standard InChI is InChI=1S/C22H41N5O5/c1-13(2)12-15(24)21(30)27-11-7-9-17(27)19(28)26-18(14(3)4)20(29)25-16(22(31)32)8-5-6-10-23/h13-18H,5-12,23-24H2,1-4H3,(H,25,29)(H,26,28)(H,31,32). The van der Waals surface area contributed by atoms with Crippen molar-refractivity contribution in [1.82, 2.24) is 15.5 Å². The number of carboxylic acids is 1. The van der Waals surface area contributed by atoms with Crippen molar-refractivity contribution in [3.05, 3.63) is 0 Å². The van der Waals surface area contributed by atoms with Gasteiger partial charge in [0.25, 0.3) is 0 Å². The van der Waals surface area contributed by atoms with E-state index < -0.39 is 42.0 Å². The highest BCUT2D eigenvalue weighted by Crippen LogP contribution is 2.20. The van der Waals surface area contributed by atoms with Crippen LogP contribution < -0.4 is 22.1 Å². The Hall–Kier alpha value is -2.20. The molecule has 0 aromatic rings. The van der Waals surface area contributed by atoms with Gasteiger partial charge in [0.05, 0.1) is 6.04 Å². The van der Waals surface area contributed by atoms with E-state index in [0.717, 1.165) is 0 Å². The Bertz CT molecular complexity index is 655. The van der Waals surface area contributed by atoms with E-state index in [2.05, 4.69) is 10.6 Å². The normalized spacial score (nSPS) is 19.0. The molecule has 3 amide bonds. The summed E-state index contributed by atoms with van der Waals surface area (Å²) < 4.78 is 0. The molecule has 1 fully saturated rings. The molecular weight excluding hydrogens is 414 g/mol. The summed E-state index contributed by atoms with van der Waals surface area (Å²) in [5, 5.41) is 14.7. The average Bonchev–Trinajstić information content (AvgIpc) is 3.19. The van der Waals surface area contributed by atoms with Crippen molar-refractivity contribution in [3.8, 4) is 0 Å². The Labute approximate surface area is 190 Å². The molecule has 0 spiro atoms. The molecule has 1 aliphatic heterocycles. The van der Waals surface area contributed by atoms with Crippen LogP contribution in [0.3, 0.4) is 0 Å². The molecule has 0 aromatic carbocycles. The summed E-state index contributed by atoms with van der Waals surface area (Å²) in [5.41, 5.74) is 11.5. The number of unbranched alkanes of at least 4 members (excludes halogenated alkanes) is 1. The summed E-state index contributed by atoms with van der Waals surface area (Å²) >= 11 is 0. The zero-order valence-corrected chi connectivity index (χ0v) is 19.8. The highest BCUT2D eigenvalue weighted by atomic mass is 16.4. The van der Waals surface area contributed by atoms with Gasteiger partial charge in [-0.05, 0) is 56.9 Å². The van der Waals surface area contributed by atoms with Gasteiger partial charge in [-0.15, -0.1) is 0 Å². The molecule has 32 heavy (non-hydrogen) atoms. The summed E-state index contributed by atoms with van der Waals surface area (Å²) in [6.45, 7) is 8.39.